The summed E-state index contributed by atoms with van der Waals surface area (Å²) in [5.41, 5.74) is 1.69. The summed E-state index contributed by atoms with van der Waals surface area (Å²) in [6.07, 6.45) is 2.74. The fourth-order valence-corrected chi connectivity index (χ4v) is 2.04. The highest BCUT2D eigenvalue weighted by molar-refractivity contribution is 6.29. The zero-order chi connectivity index (χ0) is 14.7. The van der Waals surface area contributed by atoms with Crippen LogP contribution in [0.1, 0.15) is 23.0 Å². The van der Waals surface area contributed by atoms with Crippen molar-refractivity contribution in [3.05, 3.63) is 47.0 Å². The average molecular weight is 292 g/mol. The monoisotopic (exact) mass is 291 g/mol. The Labute approximate surface area is 121 Å². The molecular weight excluding hydrogens is 278 g/mol. The SMILES string of the molecule is CCN(C(=O)c1cncc(Cl)n1)c1cc(O)ccc1C. The van der Waals surface area contributed by atoms with Gasteiger partial charge in [0.2, 0.25) is 0 Å². The van der Waals surface area contributed by atoms with E-state index in [-0.39, 0.29) is 22.5 Å². The molecule has 0 radical (unpaired) electrons. The molecule has 2 rings (SSSR count). The minimum atomic E-state index is -0.309. The van der Waals surface area contributed by atoms with Crippen LogP contribution in [0.5, 0.6) is 5.75 Å². The summed E-state index contributed by atoms with van der Waals surface area (Å²) in [5.74, 6) is -0.203. The van der Waals surface area contributed by atoms with E-state index < -0.39 is 0 Å². The van der Waals surface area contributed by atoms with Crippen molar-refractivity contribution in [2.45, 2.75) is 13.8 Å². The Hall–Kier alpha value is -2.14. The third-order valence-corrected chi connectivity index (χ3v) is 3.05. The summed E-state index contributed by atoms with van der Waals surface area (Å²) in [7, 11) is 0. The minimum Gasteiger partial charge on any atom is -0.508 e. The number of carbonyl (C=O) groups excluding carboxylic acids is 1. The molecule has 1 aromatic heterocycles. The van der Waals surface area contributed by atoms with Gasteiger partial charge in [-0.3, -0.25) is 9.78 Å². The van der Waals surface area contributed by atoms with Crippen LogP contribution in [0.3, 0.4) is 0 Å². The van der Waals surface area contributed by atoms with Gasteiger partial charge in [-0.05, 0) is 25.5 Å². The lowest BCUT2D eigenvalue weighted by Crippen LogP contribution is -2.32. The molecule has 0 unspecified atom stereocenters. The Morgan fingerprint density at radius 2 is 2.15 bits per heavy atom. The lowest BCUT2D eigenvalue weighted by molar-refractivity contribution is 0.0983. The van der Waals surface area contributed by atoms with Crippen molar-refractivity contribution in [2.75, 3.05) is 11.4 Å². The lowest BCUT2D eigenvalue weighted by Gasteiger charge is -2.22. The number of rotatable bonds is 3. The van der Waals surface area contributed by atoms with Crippen LogP contribution in [0.25, 0.3) is 0 Å². The number of benzene rings is 1. The lowest BCUT2D eigenvalue weighted by atomic mass is 10.1. The fourth-order valence-electron chi connectivity index (χ4n) is 1.90. The molecule has 6 heteroatoms. The minimum absolute atomic E-state index is 0.106. The molecule has 0 aliphatic carbocycles. The van der Waals surface area contributed by atoms with E-state index in [1.54, 1.807) is 18.2 Å². The van der Waals surface area contributed by atoms with Crippen LogP contribution >= 0.6 is 11.6 Å². The van der Waals surface area contributed by atoms with Crippen molar-refractivity contribution in [3.63, 3.8) is 0 Å². The Bertz CT molecular complexity index is 646. The number of aromatic hydroxyl groups is 1. The van der Waals surface area contributed by atoms with E-state index in [1.165, 1.54) is 17.3 Å². The van der Waals surface area contributed by atoms with E-state index in [9.17, 15) is 9.90 Å². The van der Waals surface area contributed by atoms with Gasteiger partial charge < -0.3 is 10.0 Å². The quantitative estimate of drug-likeness (QED) is 0.944. The van der Waals surface area contributed by atoms with Gasteiger partial charge in [0.15, 0.2) is 0 Å². The van der Waals surface area contributed by atoms with Crippen LogP contribution in [-0.2, 0) is 0 Å². The standard InChI is InChI=1S/C14H14ClN3O2/c1-3-18(12-6-10(19)5-4-9(12)2)14(20)11-7-16-8-13(15)17-11/h4-8,19H,3H2,1-2H3. The highest BCUT2D eigenvalue weighted by Crippen LogP contribution is 2.26. The summed E-state index contributed by atoms with van der Waals surface area (Å²) < 4.78 is 0. The molecule has 0 saturated carbocycles. The first-order valence-electron chi connectivity index (χ1n) is 6.12. The van der Waals surface area contributed by atoms with Gasteiger partial charge in [-0.2, -0.15) is 0 Å². The molecule has 0 aliphatic heterocycles. The summed E-state index contributed by atoms with van der Waals surface area (Å²) in [6.45, 7) is 4.16. The zero-order valence-corrected chi connectivity index (χ0v) is 11.9. The number of halogens is 1. The third-order valence-electron chi connectivity index (χ3n) is 2.87. The maximum atomic E-state index is 12.5. The maximum absolute atomic E-state index is 12.5. The first kappa shape index (κ1) is 14.3. The predicted molar refractivity (Wildman–Crippen MR) is 77.2 cm³/mol. The molecule has 1 aromatic carbocycles. The number of carbonyl (C=O) groups is 1. The molecule has 1 N–H and O–H groups in total. The van der Waals surface area contributed by atoms with Crippen LogP contribution in [0.4, 0.5) is 5.69 Å². The first-order chi connectivity index (χ1) is 9.52. The van der Waals surface area contributed by atoms with Gasteiger partial charge in [-0.25, -0.2) is 4.98 Å². The summed E-state index contributed by atoms with van der Waals surface area (Å²) in [6, 6.07) is 4.88. The molecule has 0 spiro atoms. The highest BCUT2D eigenvalue weighted by Gasteiger charge is 2.20. The first-order valence-corrected chi connectivity index (χ1v) is 6.49. The van der Waals surface area contributed by atoms with E-state index in [0.717, 1.165) is 5.56 Å². The molecule has 20 heavy (non-hydrogen) atoms. The third kappa shape index (κ3) is 2.88. The van der Waals surface area contributed by atoms with E-state index >= 15 is 0 Å². The molecule has 0 aliphatic rings. The Balaban J connectivity index is 2.42. The van der Waals surface area contributed by atoms with Crippen molar-refractivity contribution in [1.82, 2.24) is 9.97 Å². The van der Waals surface area contributed by atoms with Crippen LogP contribution in [-0.4, -0.2) is 27.5 Å². The molecule has 0 fully saturated rings. The summed E-state index contributed by atoms with van der Waals surface area (Å²) in [5, 5.41) is 9.76. The number of hydrogen-bond acceptors (Lipinski definition) is 4. The highest BCUT2D eigenvalue weighted by atomic mass is 35.5. The zero-order valence-electron chi connectivity index (χ0n) is 11.2. The van der Waals surface area contributed by atoms with Crippen molar-refractivity contribution in [2.24, 2.45) is 0 Å². The number of aromatic nitrogens is 2. The van der Waals surface area contributed by atoms with E-state index in [0.29, 0.717) is 12.2 Å². The summed E-state index contributed by atoms with van der Waals surface area (Å²) >= 11 is 5.75. The van der Waals surface area contributed by atoms with E-state index in [2.05, 4.69) is 9.97 Å². The molecule has 0 atom stereocenters. The van der Waals surface area contributed by atoms with Gasteiger partial charge in [0.1, 0.15) is 16.6 Å². The van der Waals surface area contributed by atoms with Crippen LogP contribution in [0, 0.1) is 6.92 Å². The number of anilines is 1. The van der Waals surface area contributed by atoms with Crippen molar-refractivity contribution >= 4 is 23.2 Å². The molecule has 0 bridgehead atoms. The number of phenols is 1. The van der Waals surface area contributed by atoms with Gasteiger partial charge in [-0.1, -0.05) is 17.7 Å². The van der Waals surface area contributed by atoms with Crippen molar-refractivity contribution < 1.29 is 9.90 Å². The van der Waals surface area contributed by atoms with Crippen molar-refractivity contribution in [1.29, 1.82) is 0 Å². The van der Waals surface area contributed by atoms with E-state index in [4.69, 9.17) is 11.6 Å². The Kier molecular flexibility index (Phi) is 4.20. The number of phenolic OH excluding ortho intramolecular Hbond substituents is 1. The van der Waals surface area contributed by atoms with E-state index in [1.807, 2.05) is 13.8 Å². The Morgan fingerprint density at radius 3 is 2.80 bits per heavy atom. The largest absolute Gasteiger partial charge is 0.508 e. The van der Waals surface area contributed by atoms with Gasteiger partial charge >= 0.3 is 0 Å². The number of aryl methyl sites for hydroxylation is 1. The second kappa shape index (κ2) is 5.88. The number of nitrogens with zero attached hydrogens (tertiary/aromatic N) is 3. The van der Waals surface area contributed by atoms with Crippen LogP contribution < -0.4 is 4.90 Å². The average Bonchev–Trinajstić information content (AvgIpc) is 2.43. The topological polar surface area (TPSA) is 66.3 Å². The van der Waals surface area contributed by atoms with Gasteiger partial charge in [0, 0.05) is 12.6 Å². The fraction of sp³-hybridized carbons (Fsp3) is 0.214. The van der Waals surface area contributed by atoms with Gasteiger partial charge in [0.05, 0.1) is 18.1 Å². The van der Waals surface area contributed by atoms with Gasteiger partial charge in [0.25, 0.3) is 5.91 Å². The summed E-state index contributed by atoms with van der Waals surface area (Å²) in [4.78, 5) is 21.8. The second-order valence-corrected chi connectivity index (χ2v) is 4.63. The molecule has 104 valence electrons. The van der Waals surface area contributed by atoms with Crippen molar-refractivity contribution in [3.8, 4) is 5.75 Å². The number of amides is 1. The van der Waals surface area contributed by atoms with Crippen LogP contribution in [0.15, 0.2) is 30.6 Å². The number of hydrogen-bond donors (Lipinski definition) is 1. The maximum Gasteiger partial charge on any atom is 0.278 e. The second-order valence-electron chi connectivity index (χ2n) is 4.25. The van der Waals surface area contributed by atoms with Gasteiger partial charge in [-0.15, -0.1) is 0 Å². The molecule has 1 amide bonds. The molecule has 0 saturated heterocycles. The normalized spacial score (nSPS) is 10.3. The van der Waals surface area contributed by atoms with Crippen LogP contribution in [0.2, 0.25) is 5.15 Å². The molecule has 5 nitrogen and oxygen atoms in total. The molecular formula is C14H14ClN3O2. The predicted octanol–water partition coefficient (Wildman–Crippen LogP) is 2.81. The smallest absolute Gasteiger partial charge is 0.278 e. The molecule has 2 aromatic rings. The molecule has 1 heterocycles. The Morgan fingerprint density at radius 1 is 1.40 bits per heavy atom.